The monoisotopic (exact) mass is 381 g/mol. The van der Waals surface area contributed by atoms with Crippen LogP contribution in [0.25, 0.3) is 16.6 Å². The number of piperidine rings is 1. The van der Waals surface area contributed by atoms with Crippen LogP contribution in [0.3, 0.4) is 0 Å². The molecule has 0 spiro atoms. The number of amides is 1. The summed E-state index contributed by atoms with van der Waals surface area (Å²) in [7, 11) is 0. The Morgan fingerprint density at radius 3 is 2.54 bits per heavy atom. The highest BCUT2D eigenvalue weighted by Gasteiger charge is 2.27. The van der Waals surface area contributed by atoms with E-state index in [0.29, 0.717) is 23.3 Å². The Balaban J connectivity index is 1.77. The molecule has 1 aromatic carbocycles. The number of benzene rings is 1. The molecule has 1 aliphatic heterocycles. The predicted molar refractivity (Wildman–Crippen MR) is 108 cm³/mol. The second-order valence-corrected chi connectivity index (χ2v) is 8.49. The summed E-state index contributed by atoms with van der Waals surface area (Å²) >= 11 is 0. The Morgan fingerprint density at radius 1 is 1.18 bits per heavy atom. The second kappa shape index (κ2) is 7.04. The van der Waals surface area contributed by atoms with Gasteiger partial charge in [0.25, 0.3) is 0 Å². The molecule has 0 N–H and O–H groups in total. The van der Waals surface area contributed by atoms with Crippen molar-refractivity contribution in [2.45, 2.75) is 46.6 Å². The van der Waals surface area contributed by atoms with E-state index in [4.69, 9.17) is 0 Å². The van der Waals surface area contributed by atoms with E-state index in [2.05, 4.69) is 23.9 Å². The third-order valence-corrected chi connectivity index (χ3v) is 5.47. The maximum Gasteiger partial charge on any atom is 0.352 e. The first-order valence-electron chi connectivity index (χ1n) is 10.0. The molecule has 7 heteroatoms. The van der Waals surface area contributed by atoms with Gasteiger partial charge in [-0.15, -0.1) is 5.10 Å². The molecule has 7 nitrogen and oxygen atoms in total. The summed E-state index contributed by atoms with van der Waals surface area (Å²) in [5.41, 5.74) is 1.07. The molecule has 2 aromatic heterocycles. The Labute approximate surface area is 164 Å². The molecule has 2 atom stereocenters. The van der Waals surface area contributed by atoms with Crippen molar-refractivity contribution in [3.63, 3.8) is 0 Å². The van der Waals surface area contributed by atoms with Gasteiger partial charge in [0.15, 0.2) is 5.65 Å². The number of likely N-dealkylation sites (tertiary alicyclic amines) is 1. The Hall–Kier alpha value is -2.70. The zero-order valence-electron chi connectivity index (χ0n) is 16.9. The summed E-state index contributed by atoms with van der Waals surface area (Å²) < 4.78 is 2.85. The van der Waals surface area contributed by atoms with Crippen molar-refractivity contribution in [2.75, 3.05) is 13.1 Å². The number of fused-ring (bicyclic) bond motifs is 3. The third-order valence-electron chi connectivity index (χ3n) is 5.47. The molecule has 0 radical (unpaired) electrons. The van der Waals surface area contributed by atoms with Crippen molar-refractivity contribution < 1.29 is 4.79 Å². The maximum absolute atomic E-state index is 13.1. The van der Waals surface area contributed by atoms with E-state index in [9.17, 15) is 9.59 Å². The fraction of sp³-hybridized carbons (Fsp3) is 0.524. The number of carbonyl (C=O) groups excluding carboxylic acids is 1. The molecule has 0 bridgehead atoms. The van der Waals surface area contributed by atoms with Gasteiger partial charge in [-0.3, -0.25) is 4.79 Å². The number of para-hydroxylation sites is 1. The van der Waals surface area contributed by atoms with E-state index in [1.807, 2.05) is 43.0 Å². The molecular formula is C21H27N5O2. The van der Waals surface area contributed by atoms with Gasteiger partial charge in [0.1, 0.15) is 12.4 Å². The smallest absolute Gasteiger partial charge is 0.341 e. The minimum absolute atomic E-state index is 0.0359. The number of carbonyl (C=O) groups is 1. The van der Waals surface area contributed by atoms with Gasteiger partial charge in [0, 0.05) is 24.4 Å². The van der Waals surface area contributed by atoms with Gasteiger partial charge in [0.2, 0.25) is 5.91 Å². The molecule has 148 valence electrons. The molecule has 4 rings (SSSR count). The lowest BCUT2D eigenvalue weighted by atomic mass is 9.92. The van der Waals surface area contributed by atoms with E-state index < -0.39 is 0 Å². The predicted octanol–water partition coefficient (Wildman–Crippen LogP) is 2.67. The van der Waals surface area contributed by atoms with Crippen LogP contribution in [-0.4, -0.2) is 43.1 Å². The average Bonchev–Trinajstić information content (AvgIpc) is 2.97. The lowest BCUT2D eigenvalue weighted by molar-refractivity contribution is -0.134. The molecule has 0 aliphatic carbocycles. The van der Waals surface area contributed by atoms with Crippen molar-refractivity contribution in [2.24, 2.45) is 11.8 Å². The highest BCUT2D eigenvalue weighted by atomic mass is 16.2. The quantitative estimate of drug-likeness (QED) is 0.699. The molecule has 3 heterocycles. The highest BCUT2D eigenvalue weighted by Crippen LogP contribution is 2.22. The Morgan fingerprint density at radius 2 is 1.86 bits per heavy atom. The van der Waals surface area contributed by atoms with Crippen LogP contribution in [0.1, 0.15) is 45.9 Å². The van der Waals surface area contributed by atoms with E-state index in [0.717, 1.165) is 30.4 Å². The number of aromatic nitrogens is 4. The summed E-state index contributed by atoms with van der Waals surface area (Å²) in [6.07, 6.45) is 1.13. The zero-order valence-corrected chi connectivity index (χ0v) is 16.9. The molecule has 1 amide bonds. The van der Waals surface area contributed by atoms with Crippen molar-refractivity contribution in [3.05, 3.63) is 40.6 Å². The van der Waals surface area contributed by atoms with Gasteiger partial charge in [-0.2, -0.15) is 0 Å². The lowest BCUT2D eigenvalue weighted by Gasteiger charge is -2.34. The van der Waals surface area contributed by atoms with E-state index in [1.165, 1.54) is 4.68 Å². The van der Waals surface area contributed by atoms with Crippen LogP contribution in [0.4, 0.5) is 0 Å². The van der Waals surface area contributed by atoms with Crippen LogP contribution >= 0.6 is 0 Å². The molecule has 3 aromatic rings. The highest BCUT2D eigenvalue weighted by molar-refractivity contribution is 5.91. The van der Waals surface area contributed by atoms with E-state index >= 15 is 0 Å². The molecule has 0 unspecified atom stereocenters. The normalized spacial score (nSPS) is 20.4. The second-order valence-electron chi connectivity index (χ2n) is 8.49. The van der Waals surface area contributed by atoms with Crippen LogP contribution in [0, 0.1) is 11.8 Å². The van der Waals surface area contributed by atoms with Crippen molar-refractivity contribution in [1.82, 2.24) is 24.1 Å². The Bertz CT molecular complexity index is 1090. The topological polar surface area (TPSA) is 72.5 Å². The van der Waals surface area contributed by atoms with Crippen LogP contribution in [-0.2, 0) is 11.3 Å². The average molecular weight is 381 g/mol. The first-order valence-corrected chi connectivity index (χ1v) is 10.0. The summed E-state index contributed by atoms with van der Waals surface area (Å²) in [6.45, 7) is 9.79. The minimum atomic E-state index is -0.302. The van der Waals surface area contributed by atoms with Crippen molar-refractivity contribution >= 4 is 22.5 Å². The van der Waals surface area contributed by atoms with E-state index in [-0.39, 0.29) is 24.1 Å². The largest absolute Gasteiger partial charge is 0.352 e. The third kappa shape index (κ3) is 3.19. The van der Waals surface area contributed by atoms with Gasteiger partial charge in [-0.1, -0.05) is 39.8 Å². The standard InChI is InChI=1S/C21H27N5O2/c1-13(2)19-22-17-8-6-5-7-16(17)20-23-25(21(28)26(19)20)12-18(27)24-10-14(3)9-15(4)11-24/h5-8,13-15H,9-12H2,1-4H3/t14-,15+. The molecule has 0 saturated carbocycles. The maximum atomic E-state index is 13.1. The van der Waals surface area contributed by atoms with Gasteiger partial charge in [-0.25, -0.2) is 18.9 Å². The van der Waals surface area contributed by atoms with Gasteiger partial charge < -0.3 is 4.90 Å². The zero-order chi connectivity index (χ0) is 20.0. The van der Waals surface area contributed by atoms with Crippen LogP contribution in [0.2, 0.25) is 0 Å². The molecule has 28 heavy (non-hydrogen) atoms. The first-order chi connectivity index (χ1) is 13.3. The van der Waals surface area contributed by atoms with Crippen LogP contribution < -0.4 is 5.69 Å². The van der Waals surface area contributed by atoms with Gasteiger partial charge >= 0.3 is 5.69 Å². The SMILES string of the molecule is CC(C)c1nc2ccccc2c2nn(CC(=O)N3C[C@H](C)C[C@H](C)C3)c(=O)n12. The summed E-state index contributed by atoms with van der Waals surface area (Å²) in [5.74, 6) is 1.63. The van der Waals surface area contributed by atoms with Gasteiger partial charge in [0.05, 0.1) is 5.52 Å². The molecule has 1 aliphatic rings. The van der Waals surface area contributed by atoms with E-state index in [1.54, 1.807) is 4.40 Å². The molecule has 1 saturated heterocycles. The van der Waals surface area contributed by atoms with Crippen molar-refractivity contribution in [1.29, 1.82) is 0 Å². The van der Waals surface area contributed by atoms with Crippen molar-refractivity contribution in [3.8, 4) is 0 Å². The fourth-order valence-electron chi connectivity index (χ4n) is 4.31. The molecular weight excluding hydrogens is 354 g/mol. The van der Waals surface area contributed by atoms with Crippen LogP contribution in [0.15, 0.2) is 29.1 Å². The van der Waals surface area contributed by atoms with Gasteiger partial charge in [-0.05, 0) is 30.4 Å². The fourth-order valence-corrected chi connectivity index (χ4v) is 4.31. The number of hydrogen-bond donors (Lipinski definition) is 0. The summed E-state index contributed by atoms with van der Waals surface area (Å²) in [6, 6.07) is 7.66. The first kappa shape index (κ1) is 18.7. The van der Waals surface area contributed by atoms with Crippen LogP contribution in [0.5, 0.6) is 0 Å². The summed E-state index contributed by atoms with van der Waals surface area (Å²) in [4.78, 5) is 32.5. The summed E-state index contributed by atoms with van der Waals surface area (Å²) in [5, 5.41) is 5.35. The Kier molecular flexibility index (Phi) is 4.69. The molecule has 1 fully saturated rings. The number of nitrogens with zero attached hydrogens (tertiary/aromatic N) is 5. The minimum Gasteiger partial charge on any atom is -0.341 e. The lowest BCUT2D eigenvalue weighted by Crippen LogP contribution is -2.45. The number of hydrogen-bond acceptors (Lipinski definition) is 4. The number of rotatable bonds is 3.